The second kappa shape index (κ2) is 10.0. The van der Waals surface area contributed by atoms with Crippen molar-refractivity contribution in [1.82, 2.24) is 14.7 Å². The highest BCUT2D eigenvalue weighted by atomic mass is 16.6. The number of amides is 3. The van der Waals surface area contributed by atoms with Crippen molar-refractivity contribution in [3.05, 3.63) is 35.9 Å². The van der Waals surface area contributed by atoms with Crippen LogP contribution in [0.4, 0.5) is 9.59 Å². The quantitative estimate of drug-likeness (QED) is 0.690. The van der Waals surface area contributed by atoms with Crippen LogP contribution in [0.3, 0.4) is 0 Å². The van der Waals surface area contributed by atoms with Crippen molar-refractivity contribution in [2.75, 3.05) is 40.3 Å². The highest BCUT2D eigenvalue weighted by Gasteiger charge is 2.46. The van der Waals surface area contributed by atoms with Crippen molar-refractivity contribution in [3.8, 4) is 0 Å². The van der Waals surface area contributed by atoms with Gasteiger partial charge in [-0.2, -0.15) is 0 Å². The van der Waals surface area contributed by atoms with E-state index in [-0.39, 0.29) is 24.1 Å². The van der Waals surface area contributed by atoms with Crippen molar-refractivity contribution in [2.45, 2.75) is 63.5 Å². The van der Waals surface area contributed by atoms with Crippen LogP contribution >= 0.6 is 0 Å². The number of ether oxygens (including phenoxy) is 2. The molecule has 0 unspecified atom stereocenters. The Kier molecular flexibility index (Phi) is 7.55. The van der Waals surface area contributed by atoms with Gasteiger partial charge >= 0.3 is 12.2 Å². The van der Waals surface area contributed by atoms with E-state index in [0.29, 0.717) is 51.9 Å². The lowest BCUT2D eigenvalue weighted by Gasteiger charge is -2.45. The molecule has 3 amide bonds. The van der Waals surface area contributed by atoms with Gasteiger partial charge in [0, 0.05) is 39.3 Å². The number of hydrogen-bond acceptors (Lipinski definition) is 5. The molecule has 0 aromatic heterocycles. The number of nitrogens with zero attached hydrogens (tertiary/aromatic N) is 3. The van der Waals surface area contributed by atoms with Crippen LogP contribution < -0.4 is 0 Å². The first-order valence-electron chi connectivity index (χ1n) is 11.7. The summed E-state index contributed by atoms with van der Waals surface area (Å²) in [7, 11) is 3.25. The first-order valence-corrected chi connectivity index (χ1v) is 11.7. The van der Waals surface area contributed by atoms with Crippen LogP contribution in [0.1, 0.15) is 52.0 Å². The number of likely N-dealkylation sites (tertiary alicyclic amines) is 2. The Morgan fingerprint density at radius 2 is 1.48 bits per heavy atom. The fourth-order valence-corrected chi connectivity index (χ4v) is 4.85. The van der Waals surface area contributed by atoms with Crippen LogP contribution in [0.2, 0.25) is 0 Å². The molecule has 0 bridgehead atoms. The Balaban J connectivity index is 1.71. The van der Waals surface area contributed by atoms with Gasteiger partial charge in [0.2, 0.25) is 5.91 Å². The molecule has 2 heterocycles. The van der Waals surface area contributed by atoms with Crippen LogP contribution in [0.15, 0.2) is 30.3 Å². The first kappa shape index (κ1) is 24.9. The van der Waals surface area contributed by atoms with Gasteiger partial charge in [-0.1, -0.05) is 30.3 Å². The minimum Gasteiger partial charge on any atom is -0.453 e. The van der Waals surface area contributed by atoms with Crippen molar-refractivity contribution in [2.24, 2.45) is 0 Å². The average molecular weight is 460 g/mol. The minimum absolute atomic E-state index is 0.0513. The highest BCUT2D eigenvalue weighted by molar-refractivity contribution is 5.89. The lowest BCUT2D eigenvalue weighted by Crippen LogP contribution is -2.56. The molecule has 0 aliphatic carbocycles. The van der Waals surface area contributed by atoms with E-state index < -0.39 is 11.0 Å². The lowest BCUT2D eigenvalue weighted by molar-refractivity contribution is -0.141. The molecule has 2 saturated heterocycles. The molecule has 3 rings (SSSR count). The Morgan fingerprint density at radius 1 is 0.939 bits per heavy atom. The van der Waals surface area contributed by atoms with E-state index in [4.69, 9.17) is 9.47 Å². The predicted octanol–water partition coefficient (Wildman–Crippen LogP) is 3.64. The second-order valence-corrected chi connectivity index (χ2v) is 10.0. The van der Waals surface area contributed by atoms with Gasteiger partial charge in [-0.05, 0) is 52.0 Å². The van der Waals surface area contributed by atoms with Gasteiger partial charge in [0.05, 0.1) is 12.5 Å². The Hall–Kier alpha value is -2.77. The number of rotatable bonds is 3. The van der Waals surface area contributed by atoms with Crippen LogP contribution in [0, 0.1) is 0 Å². The van der Waals surface area contributed by atoms with Crippen molar-refractivity contribution >= 4 is 18.1 Å². The molecule has 33 heavy (non-hydrogen) atoms. The van der Waals surface area contributed by atoms with Crippen molar-refractivity contribution in [1.29, 1.82) is 0 Å². The van der Waals surface area contributed by atoms with Gasteiger partial charge in [0.1, 0.15) is 5.60 Å². The summed E-state index contributed by atoms with van der Waals surface area (Å²) >= 11 is 0. The molecule has 0 spiro atoms. The average Bonchev–Trinajstić information content (AvgIpc) is 2.82. The standard InChI is InChI=1S/C25H37N3O5/c1-24(2,3)33-23(31)27-15-11-20(12-16-27)26(4)21(29)25(19-9-7-6-8-10-19)13-17-28(18-14-25)22(30)32-5/h6-10,20H,11-18H2,1-5H3. The van der Waals surface area contributed by atoms with Crippen LogP contribution in [-0.4, -0.2) is 84.8 Å². The number of methoxy groups -OCH3 is 1. The zero-order chi connectivity index (χ0) is 24.2. The second-order valence-electron chi connectivity index (χ2n) is 10.0. The van der Waals surface area contributed by atoms with Gasteiger partial charge in [0.15, 0.2) is 0 Å². The Labute approximate surface area is 196 Å². The smallest absolute Gasteiger partial charge is 0.410 e. The summed E-state index contributed by atoms with van der Waals surface area (Å²) in [5, 5.41) is 0. The molecule has 8 nitrogen and oxygen atoms in total. The van der Waals surface area contributed by atoms with E-state index in [9.17, 15) is 14.4 Å². The van der Waals surface area contributed by atoms with Crippen LogP contribution in [-0.2, 0) is 19.7 Å². The third-order valence-corrected chi connectivity index (χ3v) is 6.77. The summed E-state index contributed by atoms with van der Waals surface area (Å²) in [5.41, 5.74) is -0.220. The molecule has 8 heteroatoms. The molecule has 1 aromatic carbocycles. The fourth-order valence-electron chi connectivity index (χ4n) is 4.85. The molecule has 182 valence electrons. The summed E-state index contributed by atoms with van der Waals surface area (Å²) in [4.78, 5) is 43.6. The maximum Gasteiger partial charge on any atom is 0.410 e. The zero-order valence-electron chi connectivity index (χ0n) is 20.5. The van der Waals surface area contributed by atoms with Gasteiger partial charge in [-0.25, -0.2) is 9.59 Å². The number of piperidine rings is 2. The largest absolute Gasteiger partial charge is 0.453 e. The van der Waals surface area contributed by atoms with E-state index >= 15 is 0 Å². The summed E-state index contributed by atoms with van der Waals surface area (Å²) in [5.74, 6) is 0.0777. The minimum atomic E-state index is -0.678. The molecule has 0 saturated carbocycles. The molecule has 1 aromatic rings. The Bertz CT molecular complexity index is 835. The normalized spacial score (nSPS) is 19.1. The van der Waals surface area contributed by atoms with E-state index in [1.54, 1.807) is 9.80 Å². The monoisotopic (exact) mass is 459 g/mol. The molecule has 2 fully saturated rings. The maximum absolute atomic E-state index is 14.0. The van der Waals surface area contributed by atoms with Crippen LogP contribution in [0.5, 0.6) is 0 Å². The number of benzene rings is 1. The summed E-state index contributed by atoms with van der Waals surface area (Å²) in [6.07, 6.45) is 1.86. The molecule has 2 aliphatic heterocycles. The topological polar surface area (TPSA) is 79.4 Å². The van der Waals surface area contributed by atoms with E-state index in [2.05, 4.69) is 0 Å². The van der Waals surface area contributed by atoms with E-state index in [1.165, 1.54) is 7.11 Å². The Morgan fingerprint density at radius 3 is 2.00 bits per heavy atom. The third-order valence-electron chi connectivity index (χ3n) is 6.77. The van der Waals surface area contributed by atoms with Crippen molar-refractivity contribution < 1.29 is 23.9 Å². The van der Waals surface area contributed by atoms with Gasteiger partial charge < -0.3 is 24.2 Å². The molecule has 0 N–H and O–H groups in total. The van der Waals surface area contributed by atoms with Gasteiger partial charge in [-0.15, -0.1) is 0 Å². The molecular weight excluding hydrogens is 422 g/mol. The predicted molar refractivity (Wildman–Crippen MR) is 125 cm³/mol. The zero-order valence-corrected chi connectivity index (χ0v) is 20.5. The lowest BCUT2D eigenvalue weighted by atomic mass is 9.71. The van der Waals surface area contributed by atoms with Crippen LogP contribution in [0.25, 0.3) is 0 Å². The van der Waals surface area contributed by atoms with E-state index in [0.717, 1.165) is 5.56 Å². The number of carbonyl (C=O) groups excluding carboxylic acids is 3. The maximum atomic E-state index is 14.0. The SMILES string of the molecule is COC(=O)N1CCC(C(=O)N(C)C2CCN(C(=O)OC(C)(C)C)CC2)(c2ccccc2)CC1. The molecular formula is C25H37N3O5. The molecule has 0 radical (unpaired) electrons. The highest BCUT2D eigenvalue weighted by Crippen LogP contribution is 2.38. The number of likely N-dealkylation sites (N-methyl/N-ethyl adjacent to an activating group) is 1. The fraction of sp³-hybridized carbons (Fsp3) is 0.640. The van der Waals surface area contributed by atoms with E-state index in [1.807, 2.05) is 63.1 Å². The van der Waals surface area contributed by atoms with Gasteiger partial charge in [-0.3, -0.25) is 4.79 Å². The number of carbonyl (C=O) groups is 3. The van der Waals surface area contributed by atoms with Crippen molar-refractivity contribution in [3.63, 3.8) is 0 Å². The van der Waals surface area contributed by atoms with Gasteiger partial charge in [0.25, 0.3) is 0 Å². The summed E-state index contributed by atoms with van der Waals surface area (Å²) in [6.45, 7) is 7.64. The summed E-state index contributed by atoms with van der Waals surface area (Å²) < 4.78 is 10.4. The molecule has 2 aliphatic rings. The first-order chi connectivity index (χ1) is 15.6. The molecule has 0 atom stereocenters. The summed E-state index contributed by atoms with van der Waals surface area (Å²) in [6, 6.07) is 9.92. The number of hydrogen-bond donors (Lipinski definition) is 0. The third kappa shape index (κ3) is 5.60.